The topological polar surface area (TPSA) is 33.3 Å². The first-order chi connectivity index (χ1) is 8.71. The zero-order valence-corrected chi connectivity index (χ0v) is 12.0. The van der Waals surface area contributed by atoms with Gasteiger partial charge in [0.05, 0.1) is 7.11 Å². The first kappa shape index (κ1) is 15.0. The molecule has 1 rings (SSSR count). The van der Waals surface area contributed by atoms with E-state index < -0.39 is 0 Å². The molecule has 0 saturated heterocycles. The molecule has 0 aliphatic carbocycles. The second-order valence-corrected chi connectivity index (χ2v) is 4.57. The lowest BCUT2D eigenvalue weighted by atomic mass is 10.1. The molecular weight excluding hydrogens is 224 g/mol. The van der Waals surface area contributed by atoms with Crippen molar-refractivity contribution >= 4 is 0 Å². The van der Waals surface area contributed by atoms with Gasteiger partial charge in [0.1, 0.15) is 5.75 Å². The van der Waals surface area contributed by atoms with E-state index in [0.717, 1.165) is 25.3 Å². The van der Waals surface area contributed by atoms with Crippen LogP contribution in [0.3, 0.4) is 0 Å². The van der Waals surface area contributed by atoms with Crippen LogP contribution in [-0.4, -0.2) is 26.2 Å². The molecule has 2 atom stereocenters. The van der Waals surface area contributed by atoms with Crippen LogP contribution < -0.4 is 15.4 Å². The Hall–Kier alpha value is -1.06. The number of hydrogen-bond acceptors (Lipinski definition) is 3. The molecule has 1 aromatic carbocycles. The van der Waals surface area contributed by atoms with Crippen molar-refractivity contribution in [1.82, 2.24) is 10.6 Å². The minimum atomic E-state index is 0.364. The second-order valence-electron chi connectivity index (χ2n) is 4.57. The Morgan fingerprint density at radius 1 is 1.11 bits per heavy atom. The van der Waals surface area contributed by atoms with Crippen LogP contribution in [0.4, 0.5) is 0 Å². The molecule has 0 spiro atoms. The third-order valence-electron chi connectivity index (χ3n) is 3.27. The van der Waals surface area contributed by atoms with Crippen molar-refractivity contribution in [3.8, 4) is 5.75 Å². The van der Waals surface area contributed by atoms with E-state index in [9.17, 15) is 0 Å². The van der Waals surface area contributed by atoms with Crippen LogP contribution in [0.1, 0.15) is 38.8 Å². The molecule has 0 aliphatic rings. The summed E-state index contributed by atoms with van der Waals surface area (Å²) in [5.41, 5.74) is 1.29. The van der Waals surface area contributed by atoms with Gasteiger partial charge in [-0.1, -0.05) is 26.0 Å². The zero-order chi connectivity index (χ0) is 13.4. The number of benzene rings is 1. The Kier molecular flexibility index (Phi) is 6.76. The predicted octanol–water partition coefficient (Wildman–Crippen LogP) is 2.73. The van der Waals surface area contributed by atoms with E-state index in [4.69, 9.17) is 4.74 Å². The molecule has 102 valence electrons. The summed E-state index contributed by atoms with van der Waals surface area (Å²) < 4.78 is 5.17. The summed E-state index contributed by atoms with van der Waals surface area (Å²) in [7, 11) is 1.69. The van der Waals surface area contributed by atoms with Gasteiger partial charge in [-0.3, -0.25) is 0 Å². The largest absolute Gasteiger partial charge is 0.497 e. The summed E-state index contributed by atoms with van der Waals surface area (Å²) in [6.07, 6.45) is 1.15. The summed E-state index contributed by atoms with van der Waals surface area (Å²) >= 11 is 0. The van der Waals surface area contributed by atoms with Crippen molar-refractivity contribution in [3.63, 3.8) is 0 Å². The zero-order valence-electron chi connectivity index (χ0n) is 12.0. The Morgan fingerprint density at radius 3 is 2.28 bits per heavy atom. The molecule has 0 fully saturated rings. The molecule has 0 aliphatic heterocycles. The van der Waals surface area contributed by atoms with E-state index in [0.29, 0.717) is 12.1 Å². The molecule has 2 N–H and O–H groups in total. The summed E-state index contributed by atoms with van der Waals surface area (Å²) in [6.45, 7) is 8.58. The lowest BCUT2D eigenvalue weighted by Crippen LogP contribution is -2.38. The number of likely N-dealkylation sites (N-methyl/N-ethyl adjacent to an activating group) is 1. The van der Waals surface area contributed by atoms with E-state index in [1.807, 2.05) is 12.1 Å². The molecule has 0 bridgehead atoms. The minimum Gasteiger partial charge on any atom is -0.497 e. The summed E-state index contributed by atoms with van der Waals surface area (Å²) in [5.74, 6) is 0.907. The average Bonchev–Trinajstić information content (AvgIpc) is 2.43. The van der Waals surface area contributed by atoms with E-state index in [2.05, 4.69) is 43.5 Å². The fourth-order valence-corrected chi connectivity index (χ4v) is 1.98. The first-order valence-corrected chi connectivity index (χ1v) is 6.81. The fourth-order valence-electron chi connectivity index (χ4n) is 1.98. The van der Waals surface area contributed by atoms with Gasteiger partial charge < -0.3 is 15.4 Å². The third-order valence-corrected chi connectivity index (χ3v) is 3.27. The Labute approximate surface area is 111 Å². The van der Waals surface area contributed by atoms with Gasteiger partial charge in [-0.25, -0.2) is 0 Å². The highest BCUT2D eigenvalue weighted by atomic mass is 16.5. The van der Waals surface area contributed by atoms with Crippen molar-refractivity contribution < 1.29 is 4.74 Å². The number of rotatable bonds is 8. The highest BCUT2D eigenvalue weighted by Crippen LogP contribution is 2.17. The molecule has 18 heavy (non-hydrogen) atoms. The number of nitrogens with one attached hydrogen (secondary N) is 2. The smallest absolute Gasteiger partial charge is 0.118 e. The number of methoxy groups -OCH3 is 1. The maximum absolute atomic E-state index is 5.17. The molecular formula is C15H26N2O. The second kappa shape index (κ2) is 8.11. The molecule has 0 radical (unpaired) electrons. The molecule has 3 heteroatoms. The highest BCUT2D eigenvalue weighted by molar-refractivity contribution is 5.28. The molecule has 0 aromatic heterocycles. The molecule has 3 nitrogen and oxygen atoms in total. The molecule has 1 aromatic rings. The standard InChI is InChI=1S/C15H26N2O/c1-5-14(16-6-2)11-17-12(3)13-7-9-15(18-4)10-8-13/h7-10,12,14,16-17H,5-6,11H2,1-4H3. The van der Waals surface area contributed by atoms with Crippen molar-refractivity contribution in [2.45, 2.75) is 39.3 Å². The van der Waals surface area contributed by atoms with Crippen molar-refractivity contribution in [3.05, 3.63) is 29.8 Å². The summed E-state index contributed by atoms with van der Waals surface area (Å²) in [5, 5.41) is 7.04. The van der Waals surface area contributed by atoms with Crippen molar-refractivity contribution in [2.75, 3.05) is 20.2 Å². The molecule has 0 saturated carbocycles. The normalized spacial score (nSPS) is 14.2. The Morgan fingerprint density at radius 2 is 1.78 bits per heavy atom. The number of ether oxygens (including phenoxy) is 1. The molecule has 0 heterocycles. The van der Waals surface area contributed by atoms with Crippen LogP contribution in [0, 0.1) is 0 Å². The van der Waals surface area contributed by atoms with E-state index in [1.54, 1.807) is 7.11 Å². The van der Waals surface area contributed by atoms with Gasteiger partial charge in [-0.2, -0.15) is 0 Å². The Balaban J connectivity index is 2.45. The Bertz CT molecular complexity index is 324. The van der Waals surface area contributed by atoms with E-state index in [-0.39, 0.29) is 0 Å². The fraction of sp³-hybridized carbons (Fsp3) is 0.600. The third kappa shape index (κ3) is 4.67. The van der Waals surface area contributed by atoms with Gasteiger partial charge in [-0.05, 0) is 37.6 Å². The molecule has 2 unspecified atom stereocenters. The van der Waals surface area contributed by atoms with E-state index in [1.165, 1.54) is 5.56 Å². The van der Waals surface area contributed by atoms with Crippen LogP contribution in [-0.2, 0) is 0 Å². The maximum atomic E-state index is 5.17. The number of hydrogen-bond donors (Lipinski definition) is 2. The monoisotopic (exact) mass is 250 g/mol. The summed E-state index contributed by atoms with van der Waals surface area (Å²) in [6, 6.07) is 9.17. The first-order valence-electron chi connectivity index (χ1n) is 6.81. The van der Waals surface area contributed by atoms with Crippen molar-refractivity contribution in [1.29, 1.82) is 0 Å². The minimum absolute atomic E-state index is 0.364. The van der Waals surface area contributed by atoms with Gasteiger partial charge in [-0.15, -0.1) is 0 Å². The van der Waals surface area contributed by atoms with Crippen LogP contribution in [0.15, 0.2) is 24.3 Å². The van der Waals surface area contributed by atoms with Gasteiger partial charge >= 0.3 is 0 Å². The maximum Gasteiger partial charge on any atom is 0.118 e. The van der Waals surface area contributed by atoms with Gasteiger partial charge in [0.15, 0.2) is 0 Å². The van der Waals surface area contributed by atoms with Gasteiger partial charge in [0.2, 0.25) is 0 Å². The lowest BCUT2D eigenvalue weighted by molar-refractivity contribution is 0.414. The van der Waals surface area contributed by atoms with E-state index >= 15 is 0 Å². The van der Waals surface area contributed by atoms with Crippen molar-refractivity contribution in [2.24, 2.45) is 0 Å². The lowest BCUT2D eigenvalue weighted by Gasteiger charge is -2.20. The van der Waals surface area contributed by atoms with Gasteiger partial charge in [0, 0.05) is 18.6 Å². The molecule has 0 amide bonds. The predicted molar refractivity (Wildman–Crippen MR) is 77.2 cm³/mol. The van der Waals surface area contributed by atoms with Crippen LogP contribution in [0.25, 0.3) is 0 Å². The van der Waals surface area contributed by atoms with Crippen LogP contribution in [0.2, 0.25) is 0 Å². The highest BCUT2D eigenvalue weighted by Gasteiger charge is 2.08. The average molecular weight is 250 g/mol. The quantitative estimate of drug-likeness (QED) is 0.744. The summed E-state index contributed by atoms with van der Waals surface area (Å²) in [4.78, 5) is 0. The SMILES string of the molecule is CCNC(CC)CNC(C)c1ccc(OC)cc1. The van der Waals surface area contributed by atoms with Crippen LogP contribution in [0.5, 0.6) is 5.75 Å². The van der Waals surface area contributed by atoms with Gasteiger partial charge in [0.25, 0.3) is 0 Å². The van der Waals surface area contributed by atoms with Crippen LogP contribution >= 0.6 is 0 Å².